The number of carbonyl (C=O) groups excluding carboxylic acids is 2. The van der Waals surface area contributed by atoms with Gasteiger partial charge in [-0.25, -0.2) is 4.79 Å². The maximum Gasteiger partial charge on any atom is 0.312 e. The summed E-state index contributed by atoms with van der Waals surface area (Å²) in [5.41, 5.74) is 7.53. The third-order valence-corrected chi connectivity index (χ3v) is 5.39. The van der Waals surface area contributed by atoms with Gasteiger partial charge in [-0.05, 0) is 35.7 Å². The summed E-state index contributed by atoms with van der Waals surface area (Å²) in [6, 6.07) is 11.0. The lowest BCUT2D eigenvalue weighted by molar-refractivity contribution is -0.121. The van der Waals surface area contributed by atoms with Crippen molar-refractivity contribution in [3.05, 3.63) is 57.8 Å². The molecule has 1 aromatic heterocycles. The van der Waals surface area contributed by atoms with E-state index in [1.165, 1.54) is 16.9 Å². The summed E-state index contributed by atoms with van der Waals surface area (Å²) >= 11 is 1.49. The van der Waals surface area contributed by atoms with Crippen molar-refractivity contribution in [3.63, 3.8) is 0 Å². The van der Waals surface area contributed by atoms with Gasteiger partial charge in [-0.1, -0.05) is 44.2 Å². The molecule has 0 aliphatic carbocycles. The summed E-state index contributed by atoms with van der Waals surface area (Å²) in [7, 11) is 0. The second-order valence-corrected chi connectivity index (χ2v) is 7.31. The summed E-state index contributed by atoms with van der Waals surface area (Å²) in [6.07, 6.45) is 0.156. The van der Waals surface area contributed by atoms with Gasteiger partial charge in [-0.3, -0.25) is 9.69 Å². The number of nitrogens with zero attached hydrogens (tertiary/aromatic N) is 1. The molecule has 2 aromatic rings. The minimum absolute atomic E-state index is 0.130. The number of benzene rings is 1. The van der Waals surface area contributed by atoms with Crippen LogP contribution >= 0.6 is 11.3 Å². The summed E-state index contributed by atoms with van der Waals surface area (Å²) in [5, 5.41) is 7.45. The van der Waals surface area contributed by atoms with Gasteiger partial charge in [0.2, 0.25) is 5.91 Å². The fourth-order valence-electron chi connectivity index (χ4n) is 2.81. The first kappa shape index (κ1) is 20.9. The number of rotatable bonds is 10. The molecule has 146 valence electrons. The Labute approximate surface area is 164 Å². The largest absolute Gasteiger partial charge is 0.352 e. The van der Waals surface area contributed by atoms with Crippen molar-refractivity contribution in [3.8, 4) is 0 Å². The van der Waals surface area contributed by atoms with E-state index in [4.69, 9.17) is 5.73 Å². The lowest BCUT2D eigenvalue weighted by atomic mass is 10.1. The Morgan fingerprint density at radius 3 is 2.33 bits per heavy atom. The highest BCUT2D eigenvalue weighted by molar-refractivity contribution is 7.10. The number of urea groups is 1. The summed E-state index contributed by atoms with van der Waals surface area (Å²) < 4.78 is 0. The lowest BCUT2D eigenvalue weighted by Gasteiger charge is -2.18. The molecule has 27 heavy (non-hydrogen) atoms. The number of nitrogens with one attached hydrogen (secondary N) is 2. The number of thiophene rings is 1. The van der Waals surface area contributed by atoms with E-state index in [0.29, 0.717) is 6.54 Å². The molecule has 4 N–H and O–H groups in total. The van der Waals surface area contributed by atoms with E-state index in [-0.39, 0.29) is 12.3 Å². The van der Waals surface area contributed by atoms with E-state index in [2.05, 4.69) is 41.5 Å². The van der Waals surface area contributed by atoms with E-state index in [0.717, 1.165) is 30.1 Å². The average Bonchev–Trinajstić information content (AvgIpc) is 3.19. The predicted octanol–water partition coefficient (Wildman–Crippen LogP) is 3.01. The van der Waals surface area contributed by atoms with Gasteiger partial charge in [0.05, 0.1) is 12.5 Å². The van der Waals surface area contributed by atoms with Gasteiger partial charge >= 0.3 is 6.03 Å². The van der Waals surface area contributed by atoms with Gasteiger partial charge in [0.25, 0.3) is 0 Å². The SMILES string of the molecule is CCN(CC)Cc1ccc(CNC(=O)CC(NC(N)=O)c2cccs2)cc1. The second-order valence-electron chi connectivity index (χ2n) is 6.34. The van der Waals surface area contributed by atoms with Crippen LogP contribution in [0.2, 0.25) is 0 Å². The summed E-state index contributed by atoms with van der Waals surface area (Å²) in [4.78, 5) is 26.7. The monoisotopic (exact) mass is 388 g/mol. The van der Waals surface area contributed by atoms with Gasteiger partial charge in [-0.15, -0.1) is 11.3 Å². The molecular weight excluding hydrogens is 360 g/mol. The molecule has 0 saturated heterocycles. The molecule has 0 spiro atoms. The van der Waals surface area contributed by atoms with E-state index in [9.17, 15) is 9.59 Å². The Bertz CT molecular complexity index is 712. The molecule has 6 nitrogen and oxygen atoms in total. The van der Waals surface area contributed by atoms with E-state index in [1.54, 1.807) is 0 Å². The molecule has 0 saturated carbocycles. The molecule has 0 aliphatic rings. The van der Waals surface area contributed by atoms with Crippen LogP contribution in [0.5, 0.6) is 0 Å². The summed E-state index contributed by atoms with van der Waals surface area (Å²) in [6.45, 7) is 7.75. The molecule has 0 aliphatic heterocycles. The van der Waals surface area contributed by atoms with Crippen LogP contribution in [0.15, 0.2) is 41.8 Å². The van der Waals surface area contributed by atoms with E-state index < -0.39 is 12.1 Å². The normalized spacial score (nSPS) is 12.0. The zero-order valence-corrected chi connectivity index (χ0v) is 16.7. The minimum Gasteiger partial charge on any atom is -0.352 e. The number of amides is 3. The molecular formula is C20H28N4O2S. The zero-order chi connectivity index (χ0) is 19.6. The highest BCUT2D eigenvalue weighted by Crippen LogP contribution is 2.21. The molecule has 0 radical (unpaired) electrons. The van der Waals surface area contributed by atoms with Crippen molar-refractivity contribution in [1.82, 2.24) is 15.5 Å². The quantitative estimate of drug-likeness (QED) is 0.585. The van der Waals surface area contributed by atoms with Crippen LogP contribution in [-0.4, -0.2) is 29.9 Å². The van der Waals surface area contributed by atoms with Crippen LogP contribution in [0.1, 0.15) is 42.3 Å². The van der Waals surface area contributed by atoms with Crippen molar-refractivity contribution in [1.29, 1.82) is 0 Å². The van der Waals surface area contributed by atoms with Crippen LogP contribution < -0.4 is 16.4 Å². The Balaban J connectivity index is 1.86. The van der Waals surface area contributed by atoms with Gasteiger partial charge in [0.15, 0.2) is 0 Å². The molecule has 1 heterocycles. The number of carbonyl (C=O) groups is 2. The highest BCUT2D eigenvalue weighted by Gasteiger charge is 2.18. The van der Waals surface area contributed by atoms with Crippen LogP contribution in [0.4, 0.5) is 4.79 Å². The molecule has 3 amide bonds. The maximum absolute atomic E-state index is 12.3. The van der Waals surface area contributed by atoms with Crippen LogP contribution in [-0.2, 0) is 17.9 Å². The number of primary amides is 1. The highest BCUT2D eigenvalue weighted by atomic mass is 32.1. The standard InChI is InChI=1S/C20H28N4O2S/c1-3-24(4-2)14-16-9-7-15(8-10-16)13-22-19(25)12-17(23-20(21)26)18-6-5-11-27-18/h5-11,17H,3-4,12-14H2,1-2H3,(H,22,25)(H3,21,23,26). The first-order valence-corrected chi connectivity index (χ1v) is 10.1. The molecule has 1 unspecified atom stereocenters. The zero-order valence-electron chi connectivity index (χ0n) is 15.9. The Morgan fingerprint density at radius 2 is 1.78 bits per heavy atom. The fraction of sp³-hybridized carbons (Fsp3) is 0.400. The molecule has 1 aromatic carbocycles. The maximum atomic E-state index is 12.3. The van der Waals surface area contributed by atoms with Gasteiger partial charge in [0.1, 0.15) is 0 Å². The predicted molar refractivity (Wildman–Crippen MR) is 109 cm³/mol. The Morgan fingerprint density at radius 1 is 1.11 bits per heavy atom. The molecule has 0 fully saturated rings. The van der Waals surface area contributed by atoms with Crippen molar-refractivity contribution in [2.24, 2.45) is 5.73 Å². The number of hydrogen-bond acceptors (Lipinski definition) is 4. The fourth-order valence-corrected chi connectivity index (χ4v) is 3.59. The first-order valence-electron chi connectivity index (χ1n) is 9.18. The van der Waals surface area contributed by atoms with Gasteiger partial charge < -0.3 is 16.4 Å². The van der Waals surface area contributed by atoms with E-state index >= 15 is 0 Å². The molecule has 1 atom stereocenters. The molecule has 2 rings (SSSR count). The number of hydrogen-bond donors (Lipinski definition) is 3. The van der Waals surface area contributed by atoms with Crippen molar-refractivity contribution in [2.45, 2.75) is 39.4 Å². The van der Waals surface area contributed by atoms with Crippen LogP contribution in [0, 0.1) is 0 Å². The van der Waals surface area contributed by atoms with Gasteiger partial charge in [0, 0.05) is 18.0 Å². The Kier molecular flexibility index (Phi) is 8.29. The van der Waals surface area contributed by atoms with E-state index in [1.807, 2.05) is 29.6 Å². The smallest absolute Gasteiger partial charge is 0.312 e. The second kappa shape index (κ2) is 10.7. The number of nitrogens with two attached hydrogens (primary N) is 1. The molecule has 7 heteroatoms. The van der Waals surface area contributed by atoms with Crippen LogP contribution in [0.3, 0.4) is 0 Å². The van der Waals surface area contributed by atoms with Gasteiger partial charge in [-0.2, -0.15) is 0 Å². The third-order valence-electron chi connectivity index (χ3n) is 4.41. The summed E-state index contributed by atoms with van der Waals surface area (Å²) in [5.74, 6) is -0.130. The minimum atomic E-state index is -0.634. The lowest BCUT2D eigenvalue weighted by Crippen LogP contribution is -2.36. The average molecular weight is 389 g/mol. The van der Waals surface area contributed by atoms with Crippen LogP contribution in [0.25, 0.3) is 0 Å². The first-order chi connectivity index (χ1) is 13.0. The topological polar surface area (TPSA) is 87.5 Å². The van der Waals surface area contributed by atoms with Crippen molar-refractivity contribution >= 4 is 23.3 Å². The molecule has 0 bridgehead atoms. The van der Waals surface area contributed by atoms with Crippen molar-refractivity contribution in [2.75, 3.05) is 13.1 Å². The third kappa shape index (κ3) is 7.03. The Hall–Kier alpha value is -2.38. The van der Waals surface area contributed by atoms with Crippen molar-refractivity contribution < 1.29 is 9.59 Å².